The second-order valence-electron chi connectivity index (χ2n) is 31.3. The maximum absolute atomic E-state index is 6.33. The lowest BCUT2D eigenvalue weighted by Crippen LogP contribution is -2.00. The number of imidazole rings is 2. The van der Waals surface area contributed by atoms with Gasteiger partial charge < -0.3 is 8.83 Å². The van der Waals surface area contributed by atoms with Gasteiger partial charge in [-0.3, -0.25) is 8.80 Å². The summed E-state index contributed by atoms with van der Waals surface area (Å²) in [4.78, 5) is 40.8. The lowest BCUT2D eigenvalue weighted by Gasteiger charge is -2.11. The largest absolute Gasteiger partial charge is 0.455 e. The number of nitrogens with zero attached hydrogens (tertiary/aromatic N) is 10. The van der Waals surface area contributed by atoms with Crippen LogP contribution in [-0.2, 0) is 0 Å². The average molecular weight is 1590 g/mol. The third kappa shape index (κ3) is 11.8. The molecule has 123 heavy (non-hydrogen) atoms. The summed E-state index contributed by atoms with van der Waals surface area (Å²) in [5.74, 6) is 3.79. The molecule has 12 nitrogen and oxygen atoms in total. The zero-order chi connectivity index (χ0) is 80.7. The van der Waals surface area contributed by atoms with Gasteiger partial charge in [0.1, 0.15) is 22.5 Å². The first kappa shape index (κ1) is 69.6. The lowest BCUT2D eigenvalue weighted by molar-refractivity contribution is 0.666. The molecule has 9 aromatic heterocycles. The van der Waals surface area contributed by atoms with Crippen LogP contribution >= 0.6 is 11.3 Å². The van der Waals surface area contributed by atoms with Crippen LogP contribution in [0, 0.1) is 0 Å². The smallest absolute Gasteiger partial charge is 0.164 e. The van der Waals surface area contributed by atoms with Gasteiger partial charge in [-0.1, -0.05) is 315 Å². The molecule has 0 saturated carbocycles. The minimum atomic E-state index is 0.615. The fourth-order valence-electron chi connectivity index (χ4n) is 18.0. The van der Waals surface area contributed by atoms with Crippen molar-refractivity contribution < 1.29 is 8.83 Å². The molecule has 13 heteroatoms. The average Bonchev–Trinajstić information content (AvgIpc) is 1.58. The lowest BCUT2D eigenvalue weighted by atomic mass is 9.95. The molecule has 0 aliphatic heterocycles. The third-order valence-corrected chi connectivity index (χ3v) is 25.3. The van der Waals surface area contributed by atoms with Crippen LogP contribution in [0.25, 0.3) is 253 Å². The third-order valence-electron chi connectivity index (χ3n) is 24.1. The molecule has 0 radical (unpaired) electrons. The van der Waals surface area contributed by atoms with Gasteiger partial charge in [0.25, 0.3) is 0 Å². The Morgan fingerprint density at radius 1 is 0.179 bits per heavy atom. The van der Waals surface area contributed by atoms with Gasteiger partial charge in [0.05, 0.1) is 34.5 Å². The molecule has 0 atom stereocenters. The summed E-state index contributed by atoms with van der Waals surface area (Å²) in [5.41, 5.74) is 24.0. The van der Waals surface area contributed by atoms with Gasteiger partial charge >= 0.3 is 0 Å². The standard InChI is InChI=1S/C58H35N5O.C52H29N5OS/c1-3-11-36(12-4-1)38-19-25-41(26-20-38)56-60-57(42-27-21-39(22-28-42)37-13-5-2-6-14-37)62-58(61-56)43-29-23-40(24-30-43)44-31-32-48-49(33-44)45-15-7-8-17-47(45)54-55(48)63-35-52-50(34-53(63)59-54)46-16-9-10-18-51(46)64-52;1-2-10-31(11-3-1)50-54-51(56-52(55-50)34-23-25-46-42(27-34)37-14-7-9-17-45(37)59-46)32-20-18-30(19-21-32)33-22-24-39-40(26-33)35-12-4-5-15-38(35)48-49(39)57-29-44-41(28-47(57)53-48)36-13-6-8-16-43(36)58-44/h1-35H;1-29H. The number of benzene rings is 17. The number of fused-ring (bicyclic) bond motifs is 25. The van der Waals surface area contributed by atoms with Crippen LogP contribution in [0.5, 0.6) is 0 Å². The predicted molar refractivity (Wildman–Crippen MR) is 504 cm³/mol. The van der Waals surface area contributed by atoms with Crippen molar-refractivity contribution in [2.45, 2.75) is 0 Å². The summed E-state index contributed by atoms with van der Waals surface area (Å²) in [5, 5.41) is 16.0. The summed E-state index contributed by atoms with van der Waals surface area (Å²) < 4.78 is 19.6. The van der Waals surface area contributed by atoms with Crippen molar-refractivity contribution in [2.24, 2.45) is 0 Å². The molecule has 0 aliphatic rings. The Kier molecular flexibility index (Phi) is 15.9. The van der Waals surface area contributed by atoms with E-state index >= 15 is 0 Å². The SMILES string of the molecule is c1ccc(-c2ccc(-c3nc(-c4ccc(-c5ccccc5)cc4)nc(-c4ccc(-c5ccc6c(c5)c5ccccc5c5nc7cc8c(cn7c65)oc5ccccc58)cc4)n3)cc2)cc1.c1ccc(-c2nc(-c3ccc(-c4ccc5c(c4)c4ccccc4c4nc6cc7c(cn6c54)oc4ccccc47)cc3)nc(-c3ccc4sc5ccccc5c4c3)n2)cc1. The first-order chi connectivity index (χ1) is 60.9. The number of furan rings is 2. The number of para-hydroxylation sites is 2. The fraction of sp³-hybridized carbons (Fsp3) is 0. The van der Waals surface area contributed by atoms with Gasteiger partial charge in [0.15, 0.2) is 46.1 Å². The van der Waals surface area contributed by atoms with Crippen LogP contribution in [0.4, 0.5) is 0 Å². The number of hydrogen-bond acceptors (Lipinski definition) is 11. The van der Waals surface area contributed by atoms with E-state index in [0.717, 1.165) is 177 Å². The van der Waals surface area contributed by atoms with Crippen LogP contribution in [-0.4, -0.2) is 48.7 Å². The van der Waals surface area contributed by atoms with Crippen LogP contribution < -0.4 is 0 Å². The van der Waals surface area contributed by atoms with Crippen molar-refractivity contribution in [1.82, 2.24) is 48.7 Å². The zero-order valence-corrected chi connectivity index (χ0v) is 66.5. The second-order valence-corrected chi connectivity index (χ2v) is 32.4. The molecule has 0 N–H and O–H groups in total. The van der Waals surface area contributed by atoms with E-state index in [-0.39, 0.29) is 0 Å². The highest BCUT2D eigenvalue weighted by Crippen LogP contribution is 2.44. The molecule has 9 heterocycles. The molecule has 17 aromatic carbocycles. The van der Waals surface area contributed by atoms with Gasteiger partial charge in [0, 0.05) is 96.6 Å². The zero-order valence-electron chi connectivity index (χ0n) is 65.6. The van der Waals surface area contributed by atoms with E-state index in [1.165, 1.54) is 41.7 Å². The first-order valence-electron chi connectivity index (χ1n) is 41.1. The Morgan fingerprint density at radius 3 is 0.894 bits per heavy atom. The first-order valence-corrected chi connectivity index (χ1v) is 41.9. The van der Waals surface area contributed by atoms with E-state index < -0.39 is 0 Å². The molecular formula is C110H64N10O2S. The summed E-state index contributed by atoms with van der Waals surface area (Å²) in [6, 6.07) is 131. The van der Waals surface area contributed by atoms with E-state index in [0.29, 0.717) is 34.9 Å². The molecule has 0 saturated heterocycles. The Balaban J connectivity index is 0.000000136. The second kappa shape index (κ2) is 28.1. The Hall–Kier alpha value is -16.5. The number of rotatable bonds is 10. The number of pyridine rings is 2. The number of aromatic nitrogens is 10. The molecule has 0 bridgehead atoms. The van der Waals surface area contributed by atoms with Gasteiger partial charge in [-0.15, -0.1) is 11.3 Å². The van der Waals surface area contributed by atoms with E-state index in [4.69, 9.17) is 48.7 Å². The van der Waals surface area contributed by atoms with Crippen LogP contribution in [0.2, 0.25) is 0 Å². The molecule has 26 rings (SSSR count). The summed E-state index contributed by atoms with van der Waals surface area (Å²) in [7, 11) is 0. The molecule has 572 valence electrons. The van der Waals surface area contributed by atoms with Crippen molar-refractivity contribution in [3.8, 4) is 113 Å². The van der Waals surface area contributed by atoms with Gasteiger partial charge in [-0.05, 0) is 127 Å². The maximum atomic E-state index is 6.33. The molecule has 0 unspecified atom stereocenters. The van der Waals surface area contributed by atoms with Gasteiger partial charge in [-0.2, -0.15) is 0 Å². The van der Waals surface area contributed by atoms with Crippen LogP contribution in [0.3, 0.4) is 0 Å². The number of hydrogen-bond donors (Lipinski definition) is 0. The van der Waals surface area contributed by atoms with Crippen LogP contribution in [0.1, 0.15) is 0 Å². The van der Waals surface area contributed by atoms with Crippen LogP contribution in [0.15, 0.2) is 397 Å². The Labute approximate surface area is 705 Å². The van der Waals surface area contributed by atoms with E-state index in [1.807, 2.05) is 78.1 Å². The molecular weight excluding hydrogens is 1530 g/mol. The Morgan fingerprint density at radius 2 is 0.472 bits per heavy atom. The highest BCUT2D eigenvalue weighted by atomic mass is 32.1. The monoisotopic (exact) mass is 1590 g/mol. The highest BCUT2D eigenvalue weighted by molar-refractivity contribution is 7.25. The summed E-state index contributed by atoms with van der Waals surface area (Å²) in [6.45, 7) is 0. The quantitative estimate of drug-likeness (QED) is 0.122. The molecule has 0 amide bonds. The normalized spacial score (nSPS) is 11.9. The highest BCUT2D eigenvalue weighted by Gasteiger charge is 2.23. The fourth-order valence-corrected chi connectivity index (χ4v) is 19.1. The van der Waals surface area contributed by atoms with Gasteiger partial charge in [-0.25, -0.2) is 39.9 Å². The van der Waals surface area contributed by atoms with Gasteiger partial charge in [0.2, 0.25) is 0 Å². The summed E-state index contributed by atoms with van der Waals surface area (Å²) >= 11 is 1.81. The van der Waals surface area contributed by atoms with Crippen molar-refractivity contribution in [3.63, 3.8) is 0 Å². The van der Waals surface area contributed by atoms with Crippen molar-refractivity contribution in [1.29, 1.82) is 0 Å². The van der Waals surface area contributed by atoms with E-state index in [9.17, 15) is 0 Å². The van der Waals surface area contributed by atoms with E-state index in [2.05, 4.69) is 331 Å². The number of thiophene rings is 1. The molecule has 0 fully saturated rings. The predicted octanol–water partition coefficient (Wildman–Crippen LogP) is 28.8. The van der Waals surface area contributed by atoms with Crippen molar-refractivity contribution in [3.05, 3.63) is 389 Å². The van der Waals surface area contributed by atoms with E-state index in [1.54, 1.807) is 0 Å². The minimum absolute atomic E-state index is 0.615. The van der Waals surface area contributed by atoms with Crippen molar-refractivity contribution >= 4 is 152 Å². The molecule has 0 spiro atoms. The maximum Gasteiger partial charge on any atom is 0.164 e. The summed E-state index contributed by atoms with van der Waals surface area (Å²) in [6.07, 6.45) is 4.19. The minimum Gasteiger partial charge on any atom is -0.455 e. The Bertz CT molecular complexity index is 8690. The topological polar surface area (TPSA) is 138 Å². The molecule has 0 aliphatic carbocycles. The van der Waals surface area contributed by atoms with Crippen molar-refractivity contribution in [2.75, 3.05) is 0 Å². The molecule has 26 aromatic rings.